The van der Waals surface area contributed by atoms with Crippen LogP contribution in [0, 0.1) is 0 Å². The fraction of sp³-hybridized carbons (Fsp3) is 0.667. The summed E-state index contributed by atoms with van der Waals surface area (Å²) in [5, 5.41) is 2.97. The SMILES string of the molecule is CNCc1ccc(S(=O)(=O)N2CCN(C)C(C)C2)o1. The zero-order valence-corrected chi connectivity index (χ0v) is 12.4. The van der Waals surface area contributed by atoms with Crippen molar-refractivity contribution >= 4 is 10.0 Å². The van der Waals surface area contributed by atoms with Crippen LogP contribution < -0.4 is 5.32 Å². The fourth-order valence-corrected chi connectivity index (χ4v) is 3.57. The zero-order valence-electron chi connectivity index (χ0n) is 11.6. The number of furan rings is 1. The minimum atomic E-state index is -3.50. The van der Waals surface area contributed by atoms with Gasteiger partial charge in [0.1, 0.15) is 5.76 Å². The molecular formula is C12H21N3O3S. The van der Waals surface area contributed by atoms with Gasteiger partial charge in [-0.25, -0.2) is 8.42 Å². The Bertz CT molecular complexity index is 526. The smallest absolute Gasteiger partial charge is 0.276 e. The van der Waals surface area contributed by atoms with Crippen LogP contribution in [0.1, 0.15) is 12.7 Å². The van der Waals surface area contributed by atoms with E-state index in [9.17, 15) is 8.42 Å². The summed E-state index contributed by atoms with van der Waals surface area (Å²) in [5.41, 5.74) is 0. The second kappa shape index (κ2) is 5.62. The van der Waals surface area contributed by atoms with E-state index in [1.807, 2.05) is 14.0 Å². The van der Waals surface area contributed by atoms with Gasteiger partial charge in [-0.2, -0.15) is 4.31 Å². The molecule has 0 amide bonds. The summed E-state index contributed by atoms with van der Waals surface area (Å²) in [5.74, 6) is 0.628. The highest BCUT2D eigenvalue weighted by Crippen LogP contribution is 2.21. The van der Waals surface area contributed by atoms with E-state index in [-0.39, 0.29) is 11.1 Å². The molecule has 0 bridgehead atoms. The normalized spacial score (nSPS) is 22.8. The molecule has 0 aliphatic carbocycles. The average Bonchev–Trinajstić information content (AvgIpc) is 2.82. The Labute approximate surface area is 114 Å². The zero-order chi connectivity index (χ0) is 14.0. The van der Waals surface area contributed by atoms with Gasteiger partial charge in [0.2, 0.25) is 5.09 Å². The van der Waals surface area contributed by atoms with Crippen molar-refractivity contribution < 1.29 is 12.8 Å². The van der Waals surface area contributed by atoms with Crippen molar-refractivity contribution in [1.82, 2.24) is 14.5 Å². The Morgan fingerprint density at radius 3 is 2.79 bits per heavy atom. The molecule has 1 aromatic heterocycles. The first-order valence-corrected chi connectivity index (χ1v) is 7.83. The third-order valence-electron chi connectivity index (χ3n) is 3.50. The van der Waals surface area contributed by atoms with Gasteiger partial charge in [0.25, 0.3) is 10.0 Å². The van der Waals surface area contributed by atoms with Crippen LogP contribution in [0.25, 0.3) is 0 Å². The summed E-state index contributed by atoms with van der Waals surface area (Å²) in [6.45, 7) is 4.29. The first kappa shape index (κ1) is 14.5. The van der Waals surface area contributed by atoms with Crippen LogP contribution in [-0.2, 0) is 16.6 Å². The predicted octanol–water partition coefficient (Wildman–Crippen LogP) is 0.324. The third kappa shape index (κ3) is 3.00. The van der Waals surface area contributed by atoms with E-state index in [2.05, 4.69) is 10.2 Å². The molecule has 1 N–H and O–H groups in total. The van der Waals surface area contributed by atoms with Crippen LogP contribution in [0.4, 0.5) is 0 Å². The second-order valence-electron chi connectivity index (χ2n) is 4.94. The van der Waals surface area contributed by atoms with Crippen molar-refractivity contribution in [3.8, 4) is 0 Å². The molecule has 2 rings (SSSR count). The van der Waals surface area contributed by atoms with Crippen LogP contribution in [-0.4, -0.2) is 57.4 Å². The molecule has 108 valence electrons. The van der Waals surface area contributed by atoms with Gasteiger partial charge in [-0.05, 0) is 33.2 Å². The standard InChI is InChI=1S/C12H21N3O3S/c1-10-9-15(7-6-14(10)3)19(16,17)12-5-4-11(18-12)8-13-2/h4-5,10,13H,6-9H2,1-3H3. The summed E-state index contributed by atoms with van der Waals surface area (Å²) >= 11 is 0. The highest BCUT2D eigenvalue weighted by molar-refractivity contribution is 7.89. The summed E-state index contributed by atoms with van der Waals surface area (Å²) in [6, 6.07) is 3.45. The molecule has 0 spiro atoms. The molecule has 0 aromatic carbocycles. The number of hydrogen-bond donors (Lipinski definition) is 1. The van der Waals surface area contributed by atoms with Gasteiger partial charge in [0.15, 0.2) is 0 Å². The number of sulfonamides is 1. The molecule has 7 heteroatoms. The summed E-state index contributed by atoms with van der Waals surface area (Å²) in [4.78, 5) is 2.15. The molecule has 1 aromatic rings. The predicted molar refractivity (Wildman–Crippen MR) is 72.3 cm³/mol. The van der Waals surface area contributed by atoms with Crippen LogP contribution in [0.3, 0.4) is 0 Å². The van der Waals surface area contributed by atoms with Crippen molar-refractivity contribution in [2.24, 2.45) is 0 Å². The minimum absolute atomic E-state index is 0.0366. The number of piperazine rings is 1. The lowest BCUT2D eigenvalue weighted by atomic mass is 10.2. The van der Waals surface area contributed by atoms with Gasteiger partial charge in [-0.15, -0.1) is 0 Å². The lowest BCUT2D eigenvalue weighted by molar-refractivity contribution is 0.158. The van der Waals surface area contributed by atoms with Crippen LogP contribution >= 0.6 is 0 Å². The van der Waals surface area contributed by atoms with Gasteiger partial charge in [0, 0.05) is 25.7 Å². The first-order chi connectivity index (χ1) is 8.95. The highest BCUT2D eigenvalue weighted by atomic mass is 32.2. The molecule has 2 heterocycles. The topological polar surface area (TPSA) is 65.8 Å². The molecule has 1 saturated heterocycles. The van der Waals surface area contributed by atoms with E-state index in [4.69, 9.17) is 4.42 Å². The lowest BCUT2D eigenvalue weighted by Crippen LogP contribution is -2.51. The second-order valence-corrected chi connectivity index (χ2v) is 6.81. The Hall–Kier alpha value is -0.890. The maximum Gasteiger partial charge on any atom is 0.276 e. The van der Waals surface area contributed by atoms with E-state index < -0.39 is 10.0 Å². The lowest BCUT2D eigenvalue weighted by Gasteiger charge is -2.36. The van der Waals surface area contributed by atoms with Crippen molar-refractivity contribution in [3.05, 3.63) is 17.9 Å². The Balaban J connectivity index is 2.17. The molecule has 0 radical (unpaired) electrons. The molecule has 1 aliphatic heterocycles. The number of hydrogen-bond acceptors (Lipinski definition) is 5. The third-order valence-corrected chi connectivity index (χ3v) is 5.24. The highest BCUT2D eigenvalue weighted by Gasteiger charge is 2.32. The van der Waals surface area contributed by atoms with E-state index in [0.29, 0.717) is 25.4 Å². The Kier molecular flexibility index (Phi) is 4.29. The Morgan fingerprint density at radius 1 is 1.42 bits per heavy atom. The average molecular weight is 287 g/mol. The summed E-state index contributed by atoms with van der Waals surface area (Å²) < 4.78 is 31.8. The van der Waals surface area contributed by atoms with Crippen molar-refractivity contribution in [2.75, 3.05) is 33.7 Å². The molecule has 1 unspecified atom stereocenters. The van der Waals surface area contributed by atoms with Crippen molar-refractivity contribution in [2.45, 2.75) is 24.6 Å². The van der Waals surface area contributed by atoms with Gasteiger partial charge in [-0.3, -0.25) is 0 Å². The molecule has 1 aliphatic rings. The molecule has 6 nitrogen and oxygen atoms in total. The molecule has 19 heavy (non-hydrogen) atoms. The number of nitrogens with one attached hydrogen (secondary N) is 1. The number of rotatable bonds is 4. The summed E-state index contributed by atoms with van der Waals surface area (Å²) in [6.07, 6.45) is 0. The van der Waals surface area contributed by atoms with E-state index in [1.165, 1.54) is 10.4 Å². The first-order valence-electron chi connectivity index (χ1n) is 6.39. The van der Waals surface area contributed by atoms with Crippen LogP contribution in [0.15, 0.2) is 21.6 Å². The maximum absolute atomic E-state index is 12.5. The van der Waals surface area contributed by atoms with Gasteiger partial charge in [0.05, 0.1) is 6.54 Å². The van der Waals surface area contributed by atoms with Crippen molar-refractivity contribution in [3.63, 3.8) is 0 Å². The van der Waals surface area contributed by atoms with Gasteiger partial charge in [-0.1, -0.05) is 0 Å². The summed E-state index contributed by atoms with van der Waals surface area (Å²) in [7, 11) is 0.293. The molecule has 1 atom stereocenters. The monoisotopic (exact) mass is 287 g/mol. The maximum atomic E-state index is 12.5. The quantitative estimate of drug-likeness (QED) is 0.864. The van der Waals surface area contributed by atoms with E-state index in [0.717, 1.165) is 6.54 Å². The number of nitrogens with zero attached hydrogens (tertiary/aromatic N) is 2. The largest absolute Gasteiger partial charge is 0.447 e. The fourth-order valence-electron chi connectivity index (χ4n) is 2.13. The van der Waals surface area contributed by atoms with E-state index in [1.54, 1.807) is 13.1 Å². The van der Waals surface area contributed by atoms with E-state index >= 15 is 0 Å². The molecular weight excluding hydrogens is 266 g/mol. The van der Waals surface area contributed by atoms with Gasteiger partial charge < -0.3 is 14.6 Å². The number of likely N-dealkylation sites (N-methyl/N-ethyl adjacent to an activating group) is 1. The minimum Gasteiger partial charge on any atom is -0.447 e. The van der Waals surface area contributed by atoms with Crippen molar-refractivity contribution in [1.29, 1.82) is 0 Å². The van der Waals surface area contributed by atoms with Crippen LogP contribution in [0.2, 0.25) is 0 Å². The Morgan fingerprint density at radius 2 is 2.16 bits per heavy atom. The molecule has 1 fully saturated rings. The van der Waals surface area contributed by atoms with Gasteiger partial charge >= 0.3 is 0 Å². The van der Waals surface area contributed by atoms with Crippen LogP contribution in [0.5, 0.6) is 0 Å². The molecule has 0 saturated carbocycles.